The third kappa shape index (κ3) is 3.62. The van der Waals surface area contributed by atoms with Crippen molar-refractivity contribution >= 4 is 32.8 Å². The second kappa shape index (κ2) is 7.53. The Labute approximate surface area is 149 Å². The first-order valence-corrected chi connectivity index (χ1v) is 8.78. The number of alkyl halides is 1. The van der Waals surface area contributed by atoms with Crippen molar-refractivity contribution in [2.45, 2.75) is 19.0 Å². The predicted molar refractivity (Wildman–Crippen MR) is 97.3 cm³/mol. The number of nitrogens with zero attached hydrogens (tertiary/aromatic N) is 1. The lowest BCUT2D eigenvalue weighted by Gasteiger charge is -2.09. The summed E-state index contributed by atoms with van der Waals surface area (Å²) in [6, 6.07) is 17.5. The van der Waals surface area contributed by atoms with Crippen LogP contribution in [0.5, 0.6) is 5.75 Å². The number of hydrogen-bond acceptors (Lipinski definition) is 3. The standard InChI is InChI=1S/C19H18BrNO3/c1-14-10-16-17(21(14)13-20)8-5-9-18(16)23-12-19(22)24-11-15-6-3-2-4-7-15/h2-10H,11-13H2,1H3. The molecule has 0 amide bonds. The molecular formula is C19H18BrNO3. The van der Waals surface area contributed by atoms with E-state index in [1.807, 2.05) is 55.5 Å². The van der Waals surface area contributed by atoms with Crippen molar-refractivity contribution in [1.29, 1.82) is 0 Å². The summed E-state index contributed by atoms with van der Waals surface area (Å²) in [5.41, 5.74) is 3.87. The number of fused-ring (bicyclic) bond motifs is 1. The van der Waals surface area contributed by atoms with Crippen LogP contribution in [0.2, 0.25) is 0 Å². The molecule has 0 radical (unpaired) electrons. The van der Waals surface area contributed by atoms with Crippen LogP contribution in [0.1, 0.15) is 11.3 Å². The Morgan fingerprint density at radius 2 is 1.92 bits per heavy atom. The topological polar surface area (TPSA) is 40.5 Å². The highest BCUT2D eigenvalue weighted by Crippen LogP contribution is 2.29. The highest BCUT2D eigenvalue weighted by Gasteiger charge is 2.11. The van der Waals surface area contributed by atoms with Gasteiger partial charge >= 0.3 is 5.97 Å². The maximum Gasteiger partial charge on any atom is 0.344 e. The second-order valence-electron chi connectivity index (χ2n) is 5.46. The van der Waals surface area contributed by atoms with E-state index in [1.165, 1.54) is 0 Å². The van der Waals surface area contributed by atoms with E-state index in [1.54, 1.807) is 0 Å². The Kier molecular flexibility index (Phi) is 5.20. The fourth-order valence-electron chi connectivity index (χ4n) is 2.59. The number of esters is 1. The molecule has 0 aliphatic heterocycles. The summed E-state index contributed by atoms with van der Waals surface area (Å²) in [5.74, 6) is 0.305. The van der Waals surface area contributed by atoms with Gasteiger partial charge in [0.25, 0.3) is 0 Å². The Morgan fingerprint density at radius 1 is 1.12 bits per heavy atom. The number of hydrogen-bond donors (Lipinski definition) is 0. The van der Waals surface area contributed by atoms with E-state index < -0.39 is 0 Å². The highest BCUT2D eigenvalue weighted by atomic mass is 79.9. The van der Waals surface area contributed by atoms with Gasteiger partial charge in [0.05, 0.1) is 11.0 Å². The Hall–Kier alpha value is -2.27. The minimum atomic E-state index is -0.382. The Morgan fingerprint density at radius 3 is 2.67 bits per heavy atom. The van der Waals surface area contributed by atoms with Crippen LogP contribution in [-0.2, 0) is 21.6 Å². The Bertz CT molecular complexity index is 842. The molecule has 3 aromatic rings. The van der Waals surface area contributed by atoms with Crippen molar-refractivity contribution in [2.75, 3.05) is 6.61 Å². The normalized spacial score (nSPS) is 10.8. The molecule has 0 atom stereocenters. The summed E-state index contributed by atoms with van der Waals surface area (Å²) in [6.45, 7) is 2.19. The average Bonchev–Trinajstić information content (AvgIpc) is 2.94. The Balaban J connectivity index is 1.64. The zero-order chi connectivity index (χ0) is 16.9. The predicted octanol–water partition coefficient (Wildman–Crippen LogP) is 4.42. The number of ether oxygens (including phenoxy) is 2. The molecule has 1 heterocycles. The fourth-order valence-corrected chi connectivity index (χ4v) is 3.26. The molecule has 0 N–H and O–H groups in total. The number of benzene rings is 2. The van der Waals surface area contributed by atoms with Gasteiger partial charge in [0, 0.05) is 11.1 Å². The number of halogens is 1. The largest absolute Gasteiger partial charge is 0.481 e. The summed E-state index contributed by atoms with van der Waals surface area (Å²) >= 11 is 3.49. The molecule has 0 bridgehead atoms. The molecule has 2 aromatic carbocycles. The van der Waals surface area contributed by atoms with E-state index in [0.29, 0.717) is 11.2 Å². The molecule has 4 nitrogen and oxygen atoms in total. The van der Waals surface area contributed by atoms with Gasteiger partial charge in [0.15, 0.2) is 6.61 Å². The van der Waals surface area contributed by atoms with Crippen LogP contribution < -0.4 is 4.74 Å². The van der Waals surface area contributed by atoms with E-state index in [9.17, 15) is 4.79 Å². The minimum Gasteiger partial charge on any atom is -0.481 e. The summed E-state index contributed by atoms with van der Waals surface area (Å²) in [7, 11) is 0. The molecule has 3 rings (SSSR count). The van der Waals surface area contributed by atoms with Gasteiger partial charge in [-0.1, -0.05) is 52.3 Å². The number of carbonyl (C=O) groups excluding carboxylic acids is 1. The third-order valence-corrected chi connectivity index (χ3v) is 4.32. The van der Waals surface area contributed by atoms with Gasteiger partial charge in [0.2, 0.25) is 0 Å². The lowest BCUT2D eigenvalue weighted by Crippen LogP contribution is -2.14. The van der Waals surface area contributed by atoms with Gasteiger partial charge in [-0.15, -0.1) is 0 Å². The zero-order valence-electron chi connectivity index (χ0n) is 13.4. The van der Waals surface area contributed by atoms with Gasteiger partial charge in [-0.3, -0.25) is 0 Å². The summed E-state index contributed by atoms with van der Waals surface area (Å²) in [6.07, 6.45) is 0. The third-order valence-electron chi connectivity index (χ3n) is 3.82. The summed E-state index contributed by atoms with van der Waals surface area (Å²) in [5, 5.41) is 0.991. The molecule has 0 saturated carbocycles. The van der Waals surface area contributed by atoms with Crippen molar-refractivity contribution in [3.63, 3.8) is 0 Å². The van der Waals surface area contributed by atoms with Crippen LogP contribution in [0.3, 0.4) is 0 Å². The molecule has 5 heteroatoms. The van der Waals surface area contributed by atoms with Crippen molar-refractivity contribution in [2.24, 2.45) is 0 Å². The van der Waals surface area contributed by atoms with E-state index in [4.69, 9.17) is 9.47 Å². The van der Waals surface area contributed by atoms with Crippen LogP contribution in [0.25, 0.3) is 10.9 Å². The van der Waals surface area contributed by atoms with E-state index in [-0.39, 0.29) is 19.2 Å². The van der Waals surface area contributed by atoms with Crippen LogP contribution in [0.4, 0.5) is 0 Å². The van der Waals surface area contributed by atoms with Gasteiger partial charge < -0.3 is 14.0 Å². The summed E-state index contributed by atoms with van der Waals surface area (Å²) < 4.78 is 13.0. The lowest BCUT2D eigenvalue weighted by molar-refractivity contribution is -0.147. The molecule has 124 valence electrons. The minimum absolute atomic E-state index is 0.107. The van der Waals surface area contributed by atoms with Gasteiger partial charge in [-0.25, -0.2) is 4.79 Å². The number of aryl methyl sites for hydroxylation is 1. The maximum absolute atomic E-state index is 11.9. The first kappa shape index (κ1) is 16.6. The van der Waals surface area contributed by atoms with Gasteiger partial charge in [-0.05, 0) is 30.7 Å². The molecule has 0 saturated heterocycles. The van der Waals surface area contributed by atoms with Crippen LogP contribution in [0, 0.1) is 6.92 Å². The van der Waals surface area contributed by atoms with Crippen molar-refractivity contribution < 1.29 is 14.3 Å². The average molecular weight is 388 g/mol. The smallest absolute Gasteiger partial charge is 0.344 e. The van der Waals surface area contributed by atoms with Crippen molar-refractivity contribution in [3.8, 4) is 5.75 Å². The molecule has 0 aliphatic rings. The molecule has 0 fully saturated rings. The van der Waals surface area contributed by atoms with Crippen LogP contribution >= 0.6 is 15.9 Å². The fraction of sp³-hybridized carbons (Fsp3) is 0.211. The first-order chi connectivity index (χ1) is 11.7. The van der Waals surface area contributed by atoms with Gasteiger partial charge in [-0.2, -0.15) is 0 Å². The van der Waals surface area contributed by atoms with Gasteiger partial charge in [0.1, 0.15) is 12.4 Å². The lowest BCUT2D eigenvalue weighted by atomic mass is 10.2. The van der Waals surface area contributed by atoms with Crippen LogP contribution in [0.15, 0.2) is 54.6 Å². The van der Waals surface area contributed by atoms with Crippen molar-refractivity contribution in [1.82, 2.24) is 4.57 Å². The van der Waals surface area contributed by atoms with E-state index >= 15 is 0 Å². The quantitative estimate of drug-likeness (QED) is 0.464. The molecule has 0 unspecified atom stereocenters. The molecule has 24 heavy (non-hydrogen) atoms. The molecule has 0 aliphatic carbocycles. The summed E-state index contributed by atoms with van der Waals surface area (Å²) in [4.78, 5) is 11.9. The maximum atomic E-state index is 11.9. The SMILES string of the molecule is Cc1cc2c(OCC(=O)OCc3ccccc3)cccc2n1CBr. The van der Waals surface area contributed by atoms with Crippen molar-refractivity contribution in [3.05, 3.63) is 65.9 Å². The first-order valence-electron chi connectivity index (χ1n) is 7.66. The second-order valence-corrected chi connectivity index (χ2v) is 5.96. The van der Waals surface area contributed by atoms with E-state index in [2.05, 4.69) is 26.6 Å². The molecule has 1 aromatic heterocycles. The highest BCUT2D eigenvalue weighted by molar-refractivity contribution is 9.08. The van der Waals surface area contributed by atoms with E-state index in [0.717, 1.165) is 22.2 Å². The molecular weight excluding hydrogens is 370 g/mol. The molecule has 0 spiro atoms. The number of carbonyl (C=O) groups is 1. The number of aromatic nitrogens is 1. The zero-order valence-corrected chi connectivity index (χ0v) is 15.0. The number of rotatable bonds is 6. The van der Waals surface area contributed by atoms with Crippen LogP contribution in [-0.4, -0.2) is 17.1 Å². The monoisotopic (exact) mass is 387 g/mol.